The molecule has 0 aromatic heterocycles. The van der Waals surface area contributed by atoms with Gasteiger partial charge in [0.2, 0.25) is 0 Å². The van der Waals surface area contributed by atoms with E-state index in [0.29, 0.717) is 11.8 Å². The lowest BCUT2D eigenvalue weighted by Gasteiger charge is -2.10. The lowest BCUT2D eigenvalue weighted by Crippen LogP contribution is -1.95. The molecule has 0 aromatic rings. The molecule has 0 atom stereocenters. The fourth-order valence-electron chi connectivity index (χ4n) is 4.11. The first-order chi connectivity index (χ1) is 15.3. The van der Waals surface area contributed by atoms with Gasteiger partial charge < -0.3 is 0 Å². The SMILES string of the molecule is C.C.C.C.CC(C)C1=CC=C(C(C)C)C1.CC(C)C1=CCC(C(C)C)=C1.CC(C)C1=CCC(C(C)C)=C1. The molecule has 3 aliphatic rings. The Morgan fingerprint density at radius 3 is 0.811 bits per heavy atom. The number of hydrogen-bond acceptors (Lipinski definition) is 0. The maximum Gasteiger partial charge on any atom is -0.00971 e. The van der Waals surface area contributed by atoms with Crippen LogP contribution in [0.4, 0.5) is 0 Å². The zero-order chi connectivity index (χ0) is 25.3. The van der Waals surface area contributed by atoms with Gasteiger partial charge in [-0.25, -0.2) is 0 Å². The first-order valence-electron chi connectivity index (χ1n) is 13.5. The maximum absolute atomic E-state index is 2.37. The van der Waals surface area contributed by atoms with E-state index in [4.69, 9.17) is 0 Å². The quantitative estimate of drug-likeness (QED) is 0.330. The third-order valence-electron chi connectivity index (χ3n) is 7.07. The normalized spacial score (nSPS) is 15.7. The summed E-state index contributed by atoms with van der Waals surface area (Å²) >= 11 is 0. The Bertz CT molecular complexity index is 727. The monoisotopic (exact) mass is 515 g/mol. The molecule has 0 heterocycles. The zero-order valence-electron chi connectivity index (χ0n) is 24.0. The summed E-state index contributed by atoms with van der Waals surface area (Å²) in [6, 6.07) is 0. The van der Waals surface area contributed by atoms with Gasteiger partial charge in [0.05, 0.1) is 0 Å². The molecule has 0 nitrogen and oxygen atoms in total. The van der Waals surface area contributed by atoms with E-state index < -0.39 is 0 Å². The molecular weight excluding hydrogens is 444 g/mol. The number of allylic oxidation sites excluding steroid dienone is 12. The van der Waals surface area contributed by atoms with Gasteiger partial charge in [0.15, 0.2) is 0 Å². The first kappa shape index (κ1) is 42.5. The molecule has 0 saturated heterocycles. The van der Waals surface area contributed by atoms with Crippen LogP contribution >= 0.6 is 0 Å². The van der Waals surface area contributed by atoms with E-state index in [0.717, 1.165) is 23.7 Å². The van der Waals surface area contributed by atoms with Crippen LogP contribution in [0.2, 0.25) is 0 Å². The maximum atomic E-state index is 2.37. The van der Waals surface area contributed by atoms with Crippen LogP contribution in [0.25, 0.3) is 0 Å². The van der Waals surface area contributed by atoms with Crippen molar-refractivity contribution in [2.75, 3.05) is 0 Å². The molecule has 37 heavy (non-hydrogen) atoms. The van der Waals surface area contributed by atoms with Crippen molar-refractivity contribution in [3.63, 3.8) is 0 Å². The van der Waals surface area contributed by atoms with Crippen LogP contribution < -0.4 is 0 Å². The number of hydrogen-bond donors (Lipinski definition) is 0. The van der Waals surface area contributed by atoms with Crippen LogP contribution in [-0.4, -0.2) is 0 Å². The Labute approximate surface area is 237 Å². The van der Waals surface area contributed by atoms with E-state index in [1.54, 1.807) is 22.3 Å². The van der Waals surface area contributed by atoms with Crippen LogP contribution in [0.15, 0.2) is 69.9 Å². The molecule has 218 valence electrons. The Balaban J connectivity index is -0.000000209. The highest BCUT2D eigenvalue weighted by Crippen LogP contribution is 2.30. The molecule has 0 N–H and O–H groups in total. The zero-order valence-corrected chi connectivity index (χ0v) is 24.0. The summed E-state index contributed by atoms with van der Waals surface area (Å²) in [5, 5.41) is 0. The van der Waals surface area contributed by atoms with Crippen LogP contribution in [0.1, 0.15) is 132 Å². The summed E-state index contributed by atoms with van der Waals surface area (Å²) in [5.74, 6) is 4.30. The molecule has 0 heteroatoms. The smallest absolute Gasteiger partial charge is 0.00971 e. The van der Waals surface area contributed by atoms with Gasteiger partial charge in [0.1, 0.15) is 0 Å². The number of rotatable bonds is 6. The topological polar surface area (TPSA) is 0 Å². The van der Waals surface area contributed by atoms with Crippen molar-refractivity contribution in [3.8, 4) is 0 Å². The summed E-state index contributed by atoms with van der Waals surface area (Å²) in [6.45, 7) is 27.2. The minimum atomic E-state index is 0. The predicted octanol–water partition coefficient (Wildman–Crippen LogP) is 13.2. The van der Waals surface area contributed by atoms with E-state index >= 15 is 0 Å². The molecule has 0 radical (unpaired) electrons. The average molecular weight is 515 g/mol. The summed E-state index contributed by atoms with van der Waals surface area (Å²) in [6.07, 6.45) is 17.6. The lowest BCUT2D eigenvalue weighted by molar-refractivity contribution is 0.696. The molecule has 0 unspecified atom stereocenters. The second-order valence-corrected chi connectivity index (χ2v) is 11.8. The Hall–Kier alpha value is -1.56. The van der Waals surface area contributed by atoms with Crippen molar-refractivity contribution in [2.45, 2.75) is 132 Å². The summed E-state index contributed by atoms with van der Waals surface area (Å²) in [4.78, 5) is 0. The predicted molar refractivity (Wildman–Crippen MR) is 178 cm³/mol. The molecule has 3 aliphatic carbocycles. The third-order valence-corrected chi connectivity index (χ3v) is 7.07. The molecule has 0 spiro atoms. The average Bonchev–Trinajstić information content (AvgIpc) is 3.49. The van der Waals surface area contributed by atoms with E-state index in [1.165, 1.54) is 30.4 Å². The minimum Gasteiger partial charge on any atom is -0.0776 e. The van der Waals surface area contributed by atoms with E-state index in [1.807, 2.05) is 0 Å². The second kappa shape index (κ2) is 20.4. The van der Waals surface area contributed by atoms with Crippen molar-refractivity contribution < 1.29 is 0 Å². The van der Waals surface area contributed by atoms with E-state index in [-0.39, 0.29) is 29.7 Å². The van der Waals surface area contributed by atoms with Crippen molar-refractivity contribution in [3.05, 3.63) is 69.9 Å². The summed E-state index contributed by atoms with van der Waals surface area (Å²) in [7, 11) is 0. The van der Waals surface area contributed by atoms with Gasteiger partial charge in [-0.2, -0.15) is 0 Å². The van der Waals surface area contributed by atoms with Crippen LogP contribution in [0, 0.1) is 35.5 Å². The largest absolute Gasteiger partial charge is 0.0776 e. The summed E-state index contributed by atoms with van der Waals surface area (Å²) < 4.78 is 0. The Kier molecular flexibility index (Phi) is 23.5. The van der Waals surface area contributed by atoms with Crippen molar-refractivity contribution >= 4 is 0 Å². The van der Waals surface area contributed by atoms with Gasteiger partial charge in [0.25, 0.3) is 0 Å². The second-order valence-electron chi connectivity index (χ2n) is 11.8. The fraction of sp³-hybridized carbons (Fsp3) is 0.676. The minimum absolute atomic E-state index is 0. The van der Waals surface area contributed by atoms with Crippen molar-refractivity contribution in [2.24, 2.45) is 35.5 Å². The third kappa shape index (κ3) is 14.8. The fourth-order valence-corrected chi connectivity index (χ4v) is 4.11. The molecule has 0 fully saturated rings. The Morgan fingerprint density at radius 2 is 0.676 bits per heavy atom. The molecule has 3 rings (SSSR count). The molecular formula is C37H70. The Morgan fingerprint density at radius 1 is 0.405 bits per heavy atom. The van der Waals surface area contributed by atoms with Gasteiger partial charge in [0, 0.05) is 0 Å². The van der Waals surface area contributed by atoms with E-state index in [2.05, 4.69) is 120 Å². The van der Waals surface area contributed by atoms with Crippen LogP contribution in [0.5, 0.6) is 0 Å². The lowest BCUT2D eigenvalue weighted by atomic mass is 9.95. The van der Waals surface area contributed by atoms with Crippen LogP contribution in [0.3, 0.4) is 0 Å². The van der Waals surface area contributed by atoms with Crippen molar-refractivity contribution in [1.29, 1.82) is 0 Å². The molecule has 0 amide bonds. The van der Waals surface area contributed by atoms with Crippen LogP contribution in [-0.2, 0) is 0 Å². The van der Waals surface area contributed by atoms with Gasteiger partial charge >= 0.3 is 0 Å². The molecule has 0 saturated carbocycles. The van der Waals surface area contributed by atoms with E-state index in [9.17, 15) is 0 Å². The highest BCUT2D eigenvalue weighted by atomic mass is 14.2. The molecule has 0 bridgehead atoms. The molecule has 0 aliphatic heterocycles. The molecule has 0 aromatic carbocycles. The summed E-state index contributed by atoms with van der Waals surface area (Å²) in [5.41, 5.74) is 9.41. The van der Waals surface area contributed by atoms with Gasteiger partial charge in [-0.05, 0) is 65.9 Å². The van der Waals surface area contributed by atoms with Gasteiger partial charge in [-0.15, -0.1) is 0 Å². The van der Waals surface area contributed by atoms with Crippen molar-refractivity contribution in [1.82, 2.24) is 0 Å². The van der Waals surface area contributed by atoms with Gasteiger partial charge in [-0.1, -0.05) is 172 Å². The van der Waals surface area contributed by atoms with Gasteiger partial charge in [-0.3, -0.25) is 0 Å². The standard InChI is InChI=1S/3C11H18.4CH4/c3*1-8(2)10-5-6-11(7-10)9(3)4;;;;/h2*5,7-9H,6H2,1-4H3;5-6,8-9H,7H2,1-4H3;4*1H4. The first-order valence-corrected chi connectivity index (χ1v) is 13.5. The highest BCUT2D eigenvalue weighted by molar-refractivity contribution is 5.35. The highest BCUT2D eigenvalue weighted by Gasteiger charge is 2.13.